The molecule has 5 rings (SSSR count). The molecule has 0 atom stereocenters. The van der Waals surface area contributed by atoms with Crippen LogP contribution in [0.1, 0.15) is 16.6 Å². The van der Waals surface area contributed by atoms with Crippen LogP contribution in [0.5, 0.6) is 11.5 Å². The number of benzene rings is 2. The van der Waals surface area contributed by atoms with Gasteiger partial charge >= 0.3 is 0 Å². The zero-order valence-corrected chi connectivity index (χ0v) is 18.9. The molecular formula is C25H22N4O3S. The summed E-state index contributed by atoms with van der Waals surface area (Å²) in [6.45, 7) is 4.68. The van der Waals surface area contributed by atoms with Crippen LogP contribution in [0.3, 0.4) is 0 Å². The van der Waals surface area contributed by atoms with Crippen LogP contribution in [0.15, 0.2) is 54.6 Å². The van der Waals surface area contributed by atoms with Gasteiger partial charge in [0.05, 0.1) is 5.69 Å². The van der Waals surface area contributed by atoms with Gasteiger partial charge in [0.1, 0.15) is 16.4 Å². The number of carbonyl (C=O) groups excluding carboxylic acids is 2. The van der Waals surface area contributed by atoms with Gasteiger partial charge in [-0.3, -0.25) is 9.59 Å². The van der Waals surface area contributed by atoms with Crippen LogP contribution in [0.25, 0.3) is 11.3 Å². The SMILES string of the molecule is CC#CC(=O)N1CC2(C1)CN(c1nc(-c3ccc(Oc4ccccc4)cc3)c(C(N)=O)s1)C2. The van der Waals surface area contributed by atoms with Gasteiger partial charge in [-0.25, -0.2) is 4.98 Å². The van der Waals surface area contributed by atoms with Gasteiger partial charge in [-0.15, -0.1) is 0 Å². The molecule has 2 aromatic carbocycles. The number of hydrogen-bond donors (Lipinski definition) is 1. The molecule has 0 unspecified atom stereocenters. The summed E-state index contributed by atoms with van der Waals surface area (Å²) >= 11 is 1.31. The summed E-state index contributed by atoms with van der Waals surface area (Å²) in [6, 6.07) is 17.0. The van der Waals surface area contributed by atoms with E-state index in [2.05, 4.69) is 16.7 Å². The summed E-state index contributed by atoms with van der Waals surface area (Å²) in [5, 5.41) is 0.771. The normalized spacial score (nSPS) is 15.8. The second-order valence-electron chi connectivity index (χ2n) is 8.37. The molecule has 0 radical (unpaired) electrons. The average molecular weight is 459 g/mol. The number of carbonyl (C=O) groups is 2. The van der Waals surface area contributed by atoms with Gasteiger partial charge in [0.15, 0.2) is 5.13 Å². The fraction of sp³-hybridized carbons (Fsp3) is 0.240. The largest absolute Gasteiger partial charge is 0.457 e. The second kappa shape index (κ2) is 8.26. The Hall–Kier alpha value is -3.83. The maximum atomic E-state index is 12.1. The number of aromatic nitrogens is 1. The Morgan fingerprint density at radius 3 is 2.33 bits per heavy atom. The minimum absolute atomic E-state index is 0.0974. The van der Waals surface area contributed by atoms with Crippen molar-refractivity contribution >= 4 is 28.3 Å². The molecule has 2 saturated heterocycles. The molecule has 7 nitrogen and oxygen atoms in total. The van der Waals surface area contributed by atoms with Crippen molar-refractivity contribution in [3.63, 3.8) is 0 Å². The first-order valence-corrected chi connectivity index (χ1v) is 11.4. The highest BCUT2D eigenvalue weighted by atomic mass is 32.1. The molecule has 3 aromatic rings. The number of amides is 2. The van der Waals surface area contributed by atoms with E-state index in [0.29, 0.717) is 29.4 Å². The molecule has 33 heavy (non-hydrogen) atoms. The third kappa shape index (κ3) is 4.03. The molecule has 0 saturated carbocycles. The van der Waals surface area contributed by atoms with E-state index in [-0.39, 0.29) is 11.3 Å². The lowest BCUT2D eigenvalue weighted by Gasteiger charge is -2.59. The molecule has 2 aliphatic rings. The highest BCUT2D eigenvalue weighted by Crippen LogP contribution is 2.44. The summed E-state index contributed by atoms with van der Waals surface area (Å²) in [6.07, 6.45) is 0. The topological polar surface area (TPSA) is 88.8 Å². The Morgan fingerprint density at radius 2 is 1.70 bits per heavy atom. The molecule has 166 valence electrons. The second-order valence-corrected chi connectivity index (χ2v) is 9.35. The van der Waals surface area contributed by atoms with Gasteiger partial charge < -0.3 is 20.3 Å². The molecule has 2 aliphatic heterocycles. The van der Waals surface area contributed by atoms with Crippen LogP contribution < -0.4 is 15.4 Å². The summed E-state index contributed by atoms with van der Waals surface area (Å²) in [5.41, 5.74) is 7.14. The highest BCUT2D eigenvalue weighted by molar-refractivity contribution is 7.18. The standard InChI is InChI=1S/C25H22N4O3S/c1-2-6-20(30)28-13-25(14-28)15-29(16-25)24-27-21(22(33-24)23(26)31)17-9-11-19(12-10-17)32-18-7-4-3-5-8-18/h3-5,7-12H,13-16H2,1H3,(H2,26,31). The van der Waals surface area contributed by atoms with E-state index in [9.17, 15) is 9.59 Å². The average Bonchev–Trinajstić information content (AvgIpc) is 3.19. The van der Waals surface area contributed by atoms with Crippen molar-refractivity contribution in [2.45, 2.75) is 6.92 Å². The molecule has 0 aliphatic carbocycles. The molecule has 0 bridgehead atoms. The van der Waals surface area contributed by atoms with Gasteiger partial charge in [0, 0.05) is 37.2 Å². The Kier molecular flexibility index (Phi) is 5.27. The molecule has 3 heterocycles. The van der Waals surface area contributed by atoms with E-state index in [1.165, 1.54) is 11.3 Å². The van der Waals surface area contributed by atoms with Gasteiger partial charge in [0.25, 0.3) is 11.8 Å². The maximum absolute atomic E-state index is 12.1. The van der Waals surface area contributed by atoms with Gasteiger partial charge in [0.2, 0.25) is 0 Å². The van der Waals surface area contributed by atoms with Crippen molar-refractivity contribution < 1.29 is 14.3 Å². The Bertz CT molecular complexity index is 1260. The number of rotatable bonds is 5. The van der Waals surface area contributed by atoms with E-state index in [1.54, 1.807) is 11.8 Å². The predicted molar refractivity (Wildman–Crippen MR) is 127 cm³/mol. The fourth-order valence-electron chi connectivity index (χ4n) is 4.30. The van der Waals surface area contributed by atoms with E-state index in [1.807, 2.05) is 54.6 Å². The number of para-hydroxylation sites is 1. The lowest BCUT2D eigenvalue weighted by Crippen LogP contribution is -2.73. The minimum Gasteiger partial charge on any atom is -0.457 e. The number of anilines is 1. The van der Waals surface area contributed by atoms with Crippen LogP contribution in [-0.4, -0.2) is 47.9 Å². The van der Waals surface area contributed by atoms with E-state index < -0.39 is 5.91 Å². The van der Waals surface area contributed by atoms with Crippen LogP contribution in [0, 0.1) is 17.3 Å². The van der Waals surface area contributed by atoms with Crippen molar-refractivity contribution in [3.8, 4) is 34.6 Å². The van der Waals surface area contributed by atoms with Gasteiger partial charge in [-0.2, -0.15) is 0 Å². The number of thiazole rings is 1. The number of ether oxygens (including phenoxy) is 1. The van der Waals surface area contributed by atoms with Gasteiger partial charge in [-0.1, -0.05) is 35.5 Å². The third-order valence-electron chi connectivity index (χ3n) is 5.84. The Balaban J connectivity index is 1.29. The van der Waals surface area contributed by atoms with Crippen molar-refractivity contribution in [1.29, 1.82) is 0 Å². The summed E-state index contributed by atoms with van der Waals surface area (Å²) in [7, 11) is 0. The Morgan fingerprint density at radius 1 is 1.03 bits per heavy atom. The number of nitrogens with zero attached hydrogens (tertiary/aromatic N) is 3. The smallest absolute Gasteiger partial charge is 0.298 e. The lowest BCUT2D eigenvalue weighted by molar-refractivity contribution is -0.138. The molecule has 1 aromatic heterocycles. The van der Waals surface area contributed by atoms with E-state index in [0.717, 1.165) is 29.5 Å². The van der Waals surface area contributed by atoms with E-state index in [4.69, 9.17) is 15.5 Å². The Labute approximate surface area is 195 Å². The molecule has 2 N–H and O–H groups in total. The van der Waals surface area contributed by atoms with Crippen LogP contribution >= 0.6 is 11.3 Å². The monoisotopic (exact) mass is 458 g/mol. The van der Waals surface area contributed by atoms with Crippen molar-refractivity contribution in [1.82, 2.24) is 9.88 Å². The summed E-state index contributed by atoms with van der Waals surface area (Å²) in [4.78, 5) is 33.1. The number of primary amides is 1. The molecule has 2 amide bonds. The van der Waals surface area contributed by atoms with Crippen molar-refractivity contribution in [2.75, 3.05) is 31.1 Å². The quantitative estimate of drug-likeness (QED) is 0.592. The summed E-state index contributed by atoms with van der Waals surface area (Å²) < 4.78 is 5.85. The first kappa shape index (κ1) is 21.0. The van der Waals surface area contributed by atoms with Crippen molar-refractivity contribution in [2.24, 2.45) is 11.1 Å². The van der Waals surface area contributed by atoms with Crippen LogP contribution in [-0.2, 0) is 4.79 Å². The first-order valence-electron chi connectivity index (χ1n) is 10.6. The number of likely N-dealkylation sites (tertiary alicyclic amines) is 1. The molecular weight excluding hydrogens is 436 g/mol. The summed E-state index contributed by atoms with van der Waals surface area (Å²) in [5.74, 6) is 6.08. The molecule has 8 heteroatoms. The number of hydrogen-bond acceptors (Lipinski definition) is 6. The number of nitrogens with two attached hydrogens (primary N) is 1. The molecule has 1 spiro atoms. The third-order valence-corrected chi connectivity index (χ3v) is 6.97. The van der Waals surface area contributed by atoms with Crippen molar-refractivity contribution in [3.05, 3.63) is 59.5 Å². The maximum Gasteiger partial charge on any atom is 0.298 e. The lowest BCUT2D eigenvalue weighted by atomic mass is 9.73. The highest BCUT2D eigenvalue weighted by Gasteiger charge is 2.53. The minimum atomic E-state index is -0.493. The van der Waals surface area contributed by atoms with Crippen LogP contribution in [0.2, 0.25) is 0 Å². The van der Waals surface area contributed by atoms with Gasteiger partial charge in [-0.05, 0) is 49.2 Å². The van der Waals surface area contributed by atoms with Crippen LogP contribution in [0.4, 0.5) is 5.13 Å². The van der Waals surface area contributed by atoms with E-state index >= 15 is 0 Å². The fourth-order valence-corrected chi connectivity index (χ4v) is 5.24. The zero-order valence-electron chi connectivity index (χ0n) is 18.1. The first-order chi connectivity index (χ1) is 16.0. The molecule has 2 fully saturated rings. The predicted octanol–water partition coefficient (Wildman–Crippen LogP) is 3.37. The zero-order chi connectivity index (χ0) is 23.0.